The Labute approximate surface area is 244 Å². The van der Waals surface area contributed by atoms with E-state index in [1.54, 1.807) is 12.1 Å². The number of carbonyl (C=O) groups excluding carboxylic acids is 1. The average Bonchev–Trinajstić information content (AvgIpc) is 3.48. The molecule has 41 heavy (non-hydrogen) atoms. The van der Waals surface area contributed by atoms with Crippen LogP contribution in [0.3, 0.4) is 0 Å². The Kier molecular flexibility index (Phi) is 10.2. The van der Waals surface area contributed by atoms with Gasteiger partial charge in [-0.25, -0.2) is 9.97 Å². The standard InChI is InChI=1S/C31H34N8OS/c1-5-22(15-12-18-32)30-36-37-31(41-30)24-16-10-11-17-25(24)34-29(40)26-21-27(39(6-2)20-19-38(3)4)35-28(33-26)23-13-8-7-9-14-23/h5,7-18,21,32H,6,19-20H2,1-4H3,(H,34,40)/b15-12-,22-5+,32-18?. The zero-order valence-corrected chi connectivity index (χ0v) is 24.5. The monoisotopic (exact) mass is 566 g/mol. The highest BCUT2D eigenvalue weighted by Crippen LogP contribution is 2.33. The topological polar surface area (TPSA) is 111 Å². The fourth-order valence-corrected chi connectivity index (χ4v) is 4.98. The van der Waals surface area contributed by atoms with E-state index in [9.17, 15) is 4.79 Å². The van der Waals surface area contributed by atoms with Crippen LogP contribution >= 0.6 is 11.3 Å². The number of nitrogens with zero attached hydrogens (tertiary/aromatic N) is 6. The van der Waals surface area contributed by atoms with Crippen LogP contribution in [0.1, 0.15) is 29.3 Å². The van der Waals surface area contributed by atoms with Crippen LogP contribution in [0.25, 0.3) is 27.5 Å². The van der Waals surface area contributed by atoms with Crippen molar-refractivity contribution in [2.24, 2.45) is 0 Å². The molecule has 1 amide bonds. The number of carbonyl (C=O) groups is 1. The van der Waals surface area contributed by atoms with Crippen molar-refractivity contribution in [2.45, 2.75) is 13.8 Å². The molecular weight excluding hydrogens is 532 g/mol. The summed E-state index contributed by atoms with van der Waals surface area (Å²) >= 11 is 1.42. The van der Waals surface area contributed by atoms with E-state index >= 15 is 0 Å². The number of rotatable bonds is 12. The van der Waals surface area contributed by atoms with Crippen molar-refractivity contribution >= 4 is 40.5 Å². The Balaban J connectivity index is 1.68. The van der Waals surface area contributed by atoms with E-state index in [4.69, 9.17) is 10.4 Å². The highest BCUT2D eigenvalue weighted by Gasteiger charge is 2.19. The molecule has 0 saturated heterocycles. The molecule has 0 bridgehead atoms. The molecule has 10 heteroatoms. The molecule has 2 aromatic carbocycles. The second kappa shape index (κ2) is 14.2. The Morgan fingerprint density at radius 2 is 1.78 bits per heavy atom. The zero-order chi connectivity index (χ0) is 29.2. The number of nitrogens with one attached hydrogen (secondary N) is 2. The van der Waals surface area contributed by atoms with E-state index in [1.165, 1.54) is 17.6 Å². The summed E-state index contributed by atoms with van der Waals surface area (Å²) < 4.78 is 0. The van der Waals surface area contributed by atoms with Crippen LogP contribution in [0.4, 0.5) is 11.5 Å². The summed E-state index contributed by atoms with van der Waals surface area (Å²) in [4.78, 5) is 27.4. The molecule has 4 aromatic rings. The molecule has 210 valence electrons. The van der Waals surface area contributed by atoms with Gasteiger partial charge in [-0.1, -0.05) is 66.0 Å². The molecule has 0 atom stereocenters. The number of hydrogen-bond acceptors (Lipinski definition) is 9. The molecule has 0 radical (unpaired) electrons. The molecule has 9 nitrogen and oxygen atoms in total. The fraction of sp³-hybridized carbons (Fsp3) is 0.226. The van der Waals surface area contributed by atoms with E-state index in [-0.39, 0.29) is 11.6 Å². The molecule has 0 saturated carbocycles. The number of amides is 1. The maximum atomic E-state index is 13.7. The van der Waals surface area contributed by atoms with Gasteiger partial charge in [0.05, 0.1) is 5.69 Å². The van der Waals surface area contributed by atoms with E-state index in [2.05, 4.69) is 37.2 Å². The van der Waals surface area contributed by atoms with Gasteiger partial charge in [0.1, 0.15) is 21.5 Å². The zero-order valence-electron chi connectivity index (χ0n) is 23.7. The van der Waals surface area contributed by atoms with Gasteiger partial charge in [-0.15, -0.1) is 10.2 Å². The van der Waals surface area contributed by atoms with Crippen LogP contribution in [0, 0.1) is 5.41 Å². The van der Waals surface area contributed by atoms with Crippen molar-refractivity contribution < 1.29 is 4.79 Å². The van der Waals surface area contributed by atoms with E-state index in [0.717, 1.165) is 41.3 Å². The quantitative estimate of drug-likeness (QED) is 0.162. The third-order valence-electron chi connectivity index (χ3n) is 6.26. The lowest BCUT2D eigenvalue weighted by atomic mass is 10.1. The summed E-state index contributed by atoms with van der Waals surface area (Å²) in [5.41, 5.74) is 3.35. The van der Waals surface area contributed by atoms with Crippen molar-refractivity contribution in [3.8, 4) is 22.0 Å². The number of para-hydroxylation sites is 1. The summed E-state index contributed by atoms with van der Waals surface area (Å²) in [5.74, 6) is 0.859. The van der Waals surface area contributed by atoms with Crippen molar-refractivity contribution in [1.29, 1.82) is 5.41 Å². The minimum absolute atomic E-state index is 0.276. The van der Waals surface area contributed by atoms with Gasteiger partial charge in [0.15, 0.2) is 5.82 Å². The second-order valence-electron chi connectivity index (χ2n) is 9.37. The first kappa shape index (κ1) is 29.4. The first-order valence-corrected chi connectivity index (χ1v) is 14.2. The van der Waals surface area contributed by atoms with Gasteiger partial charge in [-0.05, 0) is 46.2 Å². The maximum absolute atomic E-state index is 13.7. The molecule has 0 aliphatic carbocycles. The van der Waals surface area contributed by atoms with Crippen LogP contribution < -0.4 is 10.2 Å². The van der Waals surface area contributed by atoms with E-state index in [0.29, 0.717) is 22.3 Å². The predicted molar refractivity (Wildman–Crippen MR) is 169 cm³/mol. The largest absolute Gasteiger partial charge is 0.355 e. The van der Waals surface area contributed by atoms with E-state index in [1.807, 2.05) is 87.8 Å². The fourth-order valence-electron chi connectivity index (χ4n) is 4.04. The Morgan fingerprint density at radius 1 is 1.02 bits per heavy atom. The van der Waals surface area contributed by atoms with Crippen molar-refractivity contribution in [3.05, 3.63) is 89.6 Å². The van der Waals surface area contributed by atoms with Crippen LogP contribution in [-0.2, 0) is 0 Å². The minimum Gasteiger partial charge on any atom is -0.355 e. The Morgan fingerprint density at radius 3 is 2.49 bits per heavy atom. The van der Waals surface area contributed by atoms with Gasteiger partial charge in [-0.2, -0.15) is 0 Å². The molecule has 0 spiro atoms. The predicted octanol–water partition coefficient (Wildman–Crippen LogP) is 5.91. The summed E-state index contributed by atoms with van der Waals surface area (Å²) in [5, 5.41) is 20.4. The molecule has 2 aromatic heterocycles. The first-order chi connectivity index (χ1) is 19.9. The number of likely N-dealkylation sites (N-methyl/N-ethyl adjacent to an activating group) is 2. The van der Waals surface area contributed by atoms with Crippen LogP contribution in [0.5, 0.6) is 0 Å². The van der Waals surface area contributed by atoms with Crippen molar-refractivity contribution in [2.75, 3.05) is 43.9 Å². The number of hydrogen-bond donors (Lipinski definition) is 2. The highest BCUT2D eigenvalue weighted by atomic mass is 32.1. The number of aromatic nitrogens is 4. The van der Waals surface area contributed by atoms with Crippen LogP contribution in [0.2, 0.25) is 0 Å². The summed E-state index contributed by atoms with van der Waals surface area (Å²) in [7, 11) is 4.07. The first-order valence-electron chi connectivity index (χ1n) is 13.4. The lowest BCUT2D eigenvalue weighted by Gasteiger charge is -2.24. The number of anilines is 2. The normalized spacial score (nSPS) is 11.7. The molecule has 0 unspecified atom stereocenters. The lowest BCUT2D eigenvalue weighted by molar-refractivity contribution is 0.102. The molecular formula is C31H34N8OS. The third kappa shape index (κ3) is 7.56. The van der Waals surface area contributed by atoms with Gasteiger partial charge in [0.2, 0.25) is 0 Å². The summed E-state index contributed by atoms with van der Waals surface area (Å²) in [6.45, 7) is 6.35. The van der Waals surface area contributed by atoms with Crippen molar-refractivity contribution in [1.82, 2.24) is 25.1 Å². The molecule has 2 N–H and O–H groups in total. The van der Waals surface area contributed by atoms with Crippen LogP contribution in [-0.4, -0.2) is 70.9 Å². The minimum atomic E-state index is -0.338. The summed E-state index contributed by atoms with van der Waals surface area (Å²) in [6, 6.07) is 19.0. The highest BCUT2D eigenvalue weighted by molar-refractivity contribution is 7.15. The van der Waals surface area contributed by atoms with Gasteiger partial charge >= 0.3 is 0 Å². The molecule has 0 aliphatic rings. The van der Waals surface area contributed by atoms with Gasteiger partial charge in [-0.3, -0.25) is 4.79 Å². The smallest absolute Gasteiger partial charge is 0.274 e. The SMILES string of the molecule is C/C=C(\C=C/C=N)c1nnc(-c2ccccc2NC(=O)c2cc(N(CC)CCN(C)C)nc(-c3ccccc3)n2)s1. The van der Waals surface area contributed by atoms with Crippen molar-refractivity contribution in [3.63, 3.8) is 0 Å². The Bertz CT molecular complexity index is 1540. The lowest BCUT2D eigenvalue weighted by Crippen LogP contribution is -2.32. The second-order valence-corrected chi connectivity index (χ2v) is 10.3. The molecule has 0 fully saturated rings. The molecule has 2 heterocycles. The third-order valence-corrected chi connectivity index (χ3v) is 7.27. The van der Waals surface area contributed by atoms with Gasteiger partial charge < -0.3 is 20.5 Å². The van der Waals surface area contributed by atoms with Gasteiger partial charge in [0.25, 0.3) is 5.91 Å². The number of benzene rings is 2. The molecule has 0 aliphatic heterocycles. The summed E-state index contributed by atoms with van der Waals surface area (Å²) in [6.07, 6.45) is 6.61. The van der Waals surface area contributed by atoms with Gasteiger partial charge in [0, 0.05) is 48.6 Å². The average molecular weight is 567 g/mol. The number of allylic oxidation sites excluding steroid dienone is 4. The molecule has 4 rings (SSSR count). The Hall–Kier alpha value is -4.54. The maximum Gasteiger partial charge on any atom is 0.274 e. The van der Waals surface area contributed by atoms with Crippen LogP contribution in [0.15, 0.2) is 78.9 Å². The van der Waals surface area contributed by atoms with E-state index < -0.39 is 0 Å².